The van der Waals surface area contributed by atoms with E-state index in [-0.39, 0.29) is 24.1 Å². The van der Waals surface area contributed by atoms with Crippen LogP contribution in [0.5, 0.6) is 5.75 Å². The minimum atomic E-state index is -0.378. The lowest BCUT2D eigenvalue weighted by Gasteiger charge is -2.34. The van der Waals surface area contributed by atoms with Crippen molar-refractivity contribution in [1.29, 1.82) is 0 Å². The summed E-state index contributed by atoms with van der Waals surface area (Å²) in [6, 6.07) is 4.06. The van der Waals surface area contributed by atoms with Gasteiger partial charge in [0.15, 0.2) is 5.82 Å². The standard InChI is InChI=1S/C28H35ClN8O4S/c1-16-10-19(5-7-31-16)41-22-12-23(29)42-25(22)27(38)34-18-4-3-8-35(14-18)21-11-20(37-24(21)26(30)32-15-33-37)17-6-9-36(13-17)28(39)40-2/h6,11-12,15-16,18-19,31H,3-5,7-10,13-14H2,1-2H3,(H,34,38)(H2,30,32,33)/t16?,18-,19?/m1/s1. The zero-order valence-electron chi connectivity index (χ0n) is 23.6. The van der Waals surface area contributed by atoms with Crippen molar-refractivity contribution in [2.75, 3.05) is 50.5 Å². The number of methoxy groups -OCH3 is 1. The molecule has 6 heterocycles. The Labute approximate surface area is 252 Å². The number of fused-ring (bicyclic) bond motifs is 1. The molecule has 2 fully saturated rings. The summed E-state index contributed by atoms with van der Waals surface area (Å²) in [6.07, 6.45) is 6.58. The Hall–Kier alpha value is -3.55. The van der Waals surface area contributed by atoms with E-state index in [1.807, 2.05) is 12.1 Å². The molecule has 0 spiro atoms. The summed E-state index contributed by atoms with van der Waals surface area (Å²) in [5.41, 5.74) is 9.75. The van der Waals surface area contributed by atoms with Crippen LogP contribution in [0.25, 0.3) is 11.1 Å². The topological polar surface area (TPSA) is 139 Å². The summed E-state index contributed by atoms with van der Waals surface area (Å²) in [7, 11) is 1.38. The molecule has 3 aromatic rings. The highest BCUT2D eigenvalue weighted by Gasteiger charge is 2.30. The van der Waals surface area contributed by atoms with Crippen LogP contribution >= 0.6 is 22.9 Å². The lowest BCUT2D eigenvalue weighted by atomic mass is 10.0. The SMILES string of the molecule is COC(=O)N1CC=C(c2cc(N3CCC[C@@H](NC(=O)c4sc(Cl)cc4OC4CCNC(C)C4)C3)c3c(N)ncnn23)C1. The molecule has 0 aromatic carbocycles. The minimum absolute atomic E-state index is 0.0447. The number of hydrogen-bond donors (Lipinski definition) is 3. The Bertz CT molecular complexity index is 1520. The summed E-state index contributed by atoms with van der Waals surface area (Å²) in [5, 5.41) is 11.1. The highest BCUT2D eigenvalue weighted by Crippen LogP contribution is 2.36. The molecule has 12 nitrogen and oxygen atoms in total. The fraction of sp³-hybridized carbons (Fsp3) is 0.500. The van der Waals surface area contributed by atoms with Crippen LogP contribution < -0.4 is 26.0 Å². The van der Waals surface area contributed by atoms with E-state index >= 15 is 0 Å². The highest BCUT2D eigenvalue weighted by molar-refractivity contribution is 7.18. The van der Waals surface area contributed by atoms with Gasteiger partial charge in [-0.25, -0.2) is 14.3 Å². The van der Waals surface area contributed by atoms with Gasteiger partial charge in [0, 0.05) is 37.8 Å². The minimum Gasteiger partial charge on any atom is -0.489 e. The Morgan fingerprint density at radius 3 is 2.95 bits per heavy atom. The molecule has 0 radical (unpaired) electrons. The molecule has 6 rings (SSSR count). The Morgan fingerprint density at radius 1 is 1.29 bits per heavy atom. The van der Waals surface area contributed by atoms with Crippen LogP contribution in [0.1, 0.15) is 48.0 Å². The molecule has 3 aliphatic rings. The third-order valence-corrected chi connectivity index (χ3v) is 9.33. The second kappa shape index (κ2) is 12.0. The lowest BCUT2D eigenvalue weighted by molar-refractivity contribution is 0.0925. The van der Waals surface area contributed by atoms with E-state index in [2.05, 4.69) is 32.5 Å². The second-order valence-electron chi connectivity index (χ2n) is 11.0. The normalized spacial score (nSPS) is 22.7. The molecule has 2 unspecified atom stereocenters. The second-order valence-corrected chi connectivity index (χ2v) is 12.7. The summed E-state index contributed by atoms with van der Waals surface area (Å²) in [6.45, 7) is 5.27. The molecule has 0 bridgehead atoms. The van der Waals surface area contributed by atoms with Crippen LogP contribution in [0.4, 0.5) is 16.3 Å². The van der Waals surface area contributed by atoms with E-state index < -0.39 is 0 Å². The largest absolute Gasteiger partial charge is 0.489 e. The molecular weight excluding hydrogens is 580 g/mol. The molecule has 224 valence electrons. The first-order valence-electron chi connectivity index (χ1n) is 14.2. The van der Waals surface area contributed by atoms with Crippen molar-refractivity contribution < 1.29 is 19.1 Å². The Balaban J connectivity index is 1.19. The van der Waals surface area contributed by atoms with Crippen LogP contribution in [0.2, 0.25) is 4.34 Å². The maximum absolute atomic E-state index is 13.5. The number of nitrogen functional groups attached to an aromatic ring is 1. The van der Waals surface area contributed by atoms with Gasteiger partial charge in [-0.2, -0.15) is 5.10 Å². The third kappa shape index (κ3) is 5.72. The molecule has 0 aliphatic carbocycles. The number of ether oxygens (including phenoxy) is 2. The Morgan fingerprint density at radius 2 is 2.14 bits per heavy atom. The van der Waals surface area contributed by atoms with Crippen molar-refractivity contribution in [3.05, 3.63) is 39.4 Å². The number of aromatic nitrogens is 3. The van der Waals surface area contributed by atoms with Gasteiger partial charge in [-0.05, 0) is 50.8 Å². The van der Waals surface area contributed by atoms with Crippen LogP contribution in [0, 0.1) is 0 Å². The number of nitrogens with two attached hydrogens (primary N) is 1. The van der Waals surface area contributed by atoms with E-state index in [1.54, 1.807) is 15.5 Å². The van der Waals surface area contributed by atoms with Gasteiger partial charge in [-0.3, -0.25) is 4.79 Å². The number of thiophene rings is 1. The van der Waals surface area contributed by atoms with Crippen LogP contribution in [-0.4, -0.2) is 89.5 Å². The molecule has 14 heteroatoms. The molecule has 2 amide bonds. The highest BCUT2D eigenvalue weighted by atomic mass is 35.5. The summed E-state index contributed by atoms with van der Waals surface area (Å²) in [4.78, 5) is 34.2. The number of carbonyl (C=O) groups is 2. The number of halogens is 1. The van der Waals surface area contributed by atoms with Crippen molar-refractivity contribution in [3.63, 3.8) is 0 Å². The number of amides is 2. The third-order valence-electron chi connectivity index (χ3n) is 8.08. The number of piperidine rings is 2. The first-order chi connectivity index (χ1) is 20.3. The zero-order chi connectivity index (χ0) is 29.4. The summed E-state index contributed by atoms with van der Waals surface area (Å²) >= 11 is 7.58. The predicted octanol–water partition coefficient (Wildman–Crippen LogP) is 3.41. The molecule has 3 aromatic heterocycles. The van der Waals surface area contributed by atoms with Gasteiger partial charge in [0.2, 0.25) is 0 Å². The number of carbonyl (C=O) groups excluding carboxylic acids is 2. The van der Waals surface area contributed by atoms with Crippen molar-refractivity contribution in [2.24, 2.45) is 0 Å². The molecule has 3 aliphatic heterocycles. The van der Waals surface area contributed by atoms with E-state index in [0.29, 0.717) is 52.0 Å². The lowest BCUT2D eigenvalue weighted by Crippen LogP contribution is -2.47. The average Bonchev–Trinajstić information content (AvgIpc) is 3.70. The van der Waals surface area contributed by atoms with Gasteiger partial charge in [0.1, 0.15) is 28.6 Å². The van der Waals surface area contributed by atoms with Crippen molar-refractivity contribution in [1.82, 2.24) is 30.1 Å². The molecular formula is C28H35ClN8O4S. The molecule has 42 heavy (non-hydrogen) atoms. The molecule has 2 saturated heterocycles. The monoisotopic (exact) mass is 614 g/mol. The van der Waals surface area contributed by atoms with Crippen molar-refractivity contribution in [2.45, 2.75) is 50.8 Å². The van der Waals surface area contributed by atoms with Gasteiger partial charge >= 0.3 is 6.09 Å². The maximum atomic E-state index is 13.5. The van der Waals surface area contributed by atoms with Crippen LogP contribution in [-0.2, 0) is 4.74 Å². The van der Waals surface area contributed by atoms with E-state index in [9.17, 15) is 9.59 Å². The Kier molecular flexibility index (Phi) is 8.15. The quantitative estimate of drug-likeness (QED) is 0.381. The predicted molar refractivity (Wildman–Crippen MR) is 162 cm³/mol. The van der Waals surface area contributed by atoms with E-state index in [0.717, 1.165) is 55.7 Å². The van der Waals surface area contributed by atoms with E-state index in [1.165, 1.54) is 24.8 Å². The van der Waals surface area contributed by atoms with Gasteiger partial charge in [-0.1, -0.05) is 17.7 Å². The fourth-order valence-electron chi connectivity index (χ4n) is 6.06. The number of rotatable bonds is 6. The summed E-state index contributed by atoms with van der Waals surface area (Å²) in [5.74, 6) is 0.733. The number of nitrogens with zero attached hydrogens (tertiary/aromatic N) is 5. The molecule has 3 atom stereocenters. The van der Waals surface area contributed by atoms with E-state index in [4.69, 9.17) is 26.8 Å². The van der Waals surface area contributed by atoms with Crippen LogP contribution in [0.15, 0.2) is 24.5 Å². The average molecular weight is 615 g/mol. The number of anilines is 2. The maximum Gasteiger partial charge on any atom is 0.410 e. The number of hydrogen-bond acceptors (Lipinski definition) is 10. The number of nitrogens with one attached hydrogen (secondary N) is 2. The first kappa shape index (κ1) is 28.6. The van der Waals surface area contributed by atoms with Crippen molar-refractivity contribution in [3.8, 4) is 5.75 Å². The first-order valence-corrected chi connectivity index (χ1v) is 15.4. The van der Waals surface area contributed by atoms with Crippen molar-refractivity contribution >= 4 is 57.5 Å². The van der Waals surface area contributed by atoms with Gasteiger partial charge in [-0.15, -0.1) is 11.3 Å². The molecule has 4 N–H and O–H groups in total. The smallest absolute Gasteiger partial charge is 0.410 e. The van der Waals surface area contributed by atoms with Gasteiger partial charge in [0.25, 0.3) is 5.91 Å². The summed E-state index contributed by atoms with van der Waals surface area (Å²) < 4.78 is 13.5. The van der Waals surface area contributed by atoms with Gasteiger partial charge in [0.05, 0.1) is 29.4 Å². The fourth-order valence-corrected chi connectivity index (χ4v) is 7.11. The van der Waals surface area contributed by atoms with Crippen LogP contribution in [0.3, 0.4) is 0 Å². The zero-order valence-corrected chi connectivity index (χ0v) is 25.2. The molecule has 0 saturated carbocycles. The van der Waals surface area contributed by atoms with Gasteiger partial charge < -0.3 is 35.6 Å².